The number of aromatic amines is 1. The number of aromatic nitrogens is 1. The number of carbonyl (C=O) groups is 1. The zero-order valence-corrected chi connectivity index (χ0v) is 7.63. The van der Waals surface area contributed by atoms with Gasteiger partial charge in [-0.05, 0) is 19.1 Å². The molecule has 0 atom stereocenters. The highest BCUT2D eigenvalue weighted by Gasteiger charge is 2.19. The van der Waals surface area contributed by atoms with Gasteiger partial charge in [0.05, 0.1) is 6.54 Å². The molecule has 2 heterocycles. The number of piperazine rings is 1. The molecule has 0 aliphatic carbocycles. The largest absolute Gasteiger partial charge is 0.345 e. The van der Waals surface area contributed by atoms with Crippen molar-refractivity contribution >= 4 is 11.7 Å². The molecule has 4 nitrogen and oxygen atoms in total. The Morgan fingerprint density at radius 2 is 2.31 bits per heavy atom. The topological polar surface area (TPSA) is 48.1 Å². The maximum atomic E-state index is 11.4. The third-order valence-corrected chi connectivity index (χ3v) is 2.20. The fourth-order valence-electron chi connectivity index (χ4n) is 1.51. The Labute approximate surface area is 76.9 Å². The highest BCUT2D eigenvalue weighted by molar-refractivity contribution is 5.94. The standard InChI is InChI=1S/C9H13N3O/c1-7-2-3-8(11-7)12-5-4-10-6-9(12)13/h2-3,10-11H,4-6H2,1H3. The quantitative estimate of drug-likeness (QED) is 0.649. The Kier molecular flexibility index (Phi) is 2.06. The second kappa shape index (κ2) is 3.22. The SMILES string of the molecule is Cc1ccc(N2CCNCC2=O)[nH]1. The molecular weight excluding hydrogens is 166 g/mol. The summed E-state index contributed by atoms with van der Waals surface area (Å²) in [5.74, 6) is 1.04. The first-order chi connectivity index (χ1) is 6.27. The number of rotatable bonds is 1. The number of nitrogens with one attached hydrogen (secondary N) is 2. The van der Waals surface area contributed by atoms with Crippen molar-refractivity contribution in [3.05, 3.63) is 17.8 Å². The molecule has 70 valence electrons. The first-order valence-electron chi connectivity index (χ1n) is 4.44. The van der Waals surface area contributed by atoms with E-state index in [4.69, 9.17) is 0 Å². The van der Waals surface area contributed by atoms with Crippen LogP contribution in [0.3, 0.4) is 0 Å². The molecule has 0 unspecified atom stereocenters. The predicted molar refractivity (Wildman–Crippen MR) is 50.8 cm³/mol. The fourth-order valence-corrected chi connectivity index (χ4v) is 1.51. The summed E-state index contributed by atoms with van der Waals surface area (Å²) >= 11 is 0. The van der Waals surface area contributed by atoms with Crippen molar-refractivity contribution < 1.29 is 4.79 Å². The molecule has 0 radical (unpaired) electrons. The Bertz CT molecular complexity index is 318. The van der Waals surface area contributed by atoms with Gasteiger partial charge in [0.2, 0.25) is 5.91 Å². The third kappa shape index (κ3) is 1.58. The molecule has 0 aromatic carbocycles. The number of aryl methyl sites for hydroxylation is 1. The normalized spacial score (nSPS) is 17.9. The van der Waals surface area contributed by atoms with Crippen LogP contribution in [0.15, 0.2) is 12.1 Å². The number of hydrogen-bond donors (Lipinski definition) is 2. The van der Waals surface area contributed by atoms with Crippen LogP contribution in [0, 0.1) is 6.92 Å². The van der Waals surface area contributed by atoms with Gasteiger partial charge in [-0.1, -0.05) is 0 Å². The molecule has 0 spiro atoms. The van der Waals surface area contributed by atoms with Crippen LogP contribution in [-0.2, 0) is 4.79 Å². The van der Waals surface area contributed by atoms with Gasteiger partial charge < -0.3 is 10.3 Å². The van der Waals surface area contributed by atoms with Crippen molar-refractivity contribution in [2.24, 2.45) is 0 Å². The van der Waals surface area contributed by atoms with E-state index in [-0.39, 0.29) is 5.91 Å². The average molecular weight is 179 g/mol. The first kappa shape index (κ1) is 8.31. The van der Waals surface area contributed by atoms with Crippen LogP contribution in [-0.4, -0.2) is 30.5 Å². The van der Waals surface area contributed by atoms with Crippen LogP contribution in [0.25, 0.3) is 0 Å². The molecular formula is C9H13N3O. The lowest BCUT2D eigenvalue weighted by atomic mass is 10.3. The monoisotopic (exact) mass is 179 g/mol. The van der Waals surface area contributed by atoms with E-state index in [0.29, 0.717) is 6.54 Å². The summed E-state index contributed by atoms with van der Waals surface area (Å²) in [7, 11) is 0. The maximum absolute atomic E-state index is 11.4. The summed E-state index contributed by atoms with van der Waals surface area (Å²) < 4.78 is 0. The maximum Gasteiger partial charge on any atom is 0.242 e. The van der Waals surface area contributed by atoms with Gasteiger partial charge in [0.15, 0.2) is 0 Å². The average Bonchev–Trinajstić information content (AvgIpc) is 2.53. The minimum absolute atomic E-state index is 0.133. The summed E-state index contributed by atoms with van der Waals surface area (Å²) in [6.45, 7) is 4.04. The highest BCUT2D eigenvalue weighted by atomic mass is 16.2. The first-order valence-corrected chi connectivity index (χ1v) is 4.44. The predicted octanol–water partition coefficient (Wildman–Crippen LogP) is 0.259. The third-order valence-electron chi connectivity index (χ3n) is 2.20. The summed E-state index contributed by atoms with van der Waals surface area (Å²) in [4.78, 5) is 16.4. The molecule has 13 heavy (non-hydrogen) atoms. The summed E-state index contributed by atoms with van der Waals surface area (Å²) in [5, 5.41) is 3.04. The molecule has 1 aliphatic heterocycles. The van der Waals surface area contributed by atoms with E-state index in [1.807, 2.05) is 19.1 Å². The van der Waals surface area contributed by atoms with Crippen molar-refractivity contribution in [1.29, 1.82) is 0 Å². The lowest BCUT2D eigenvalue weighted by Crippen LogP contribution is -2.48. The van der Waals surface area contributed by atoms with Gasteiger partial charge >= 0.3 is 0 Å². The number of hydrogen-bond acceptors (Lipinski definition) is 2. The molecule has 1 fully saturated rings. The second-order valence-corrected chi connectivity index (χ2v) is 3.25. The van der Waals surface area contributed by atoms with Crippen LogP contribution in [0.5, 0.6) is 0 Å². The van der Waals surface area contributed by atoms with Crippen LogP contribution >= 0.6 is 0 Å². The number of H-pyrrole nitrogens is 1. The minimum Gasteiger partial charge on any atom is -0.345 e. The molecule has 2 N–H and O–H groups in total. The van der Waals surface area contributed by atoms with Gasteiger partial charge in [0.25, 0.3) is 0 Å². The molecule has 1 aromatic rings. The van der Waals surface area contributed by atoms with Gasteiger partial charge in [-0.2, -0.15) is 0 Å². The van der Waals surface area contributed by atoms with E-state index in [9.17, 15) is 4.79 Å². The summed E-state index contributed by atoms with van der Waals surface area (Å²) in [6, 6.07) is 3.92. The van der Waals surface area contributed by atoms with E-state index < -0.39 is 0 Å². The lowest BCUT2D eigenvalue weighted by Gasteiger charge is -2.25. The van der Waals surface area contributed by atoms with Crippen LogP contribution in [0.1, 0.15) is 5.69 Å². The summed E-state index contributed by atoms with van der Waals surface area (Å²) in [6.07, 6.45) is 0. The number of anilines is 1. The van der Waals surface area contributed by atoms with E-state index >= 15 is 0 Å². The summed E-state index contributed by atoms with van der Waals surface area (Å²) in [5.41, 5.74) is 1.08. The molecule has 1 amide bonds. The smallest absolute Gasteiger partial charge is 0.242 e. The Morgan fingerprint density at radius 3 is 2.92 bits per heavy atom. The van der Waals surface area contributed by atoms with Gasteiger partial charge in [-0.15, -0.1) is 0 Å². The van der Waals surface area contributed by atoms with E-state index in [2.05, 4.69) is 10.3 Å². The molecule has 2 rings (SSSR count). The number of amides is 1. The number of nitrogens with zero attached hydrogens (tertiary/aromatic N) is 1. The Balaban J connectivity index is 2.19. The van der Waals surface area contributed by atoms with Gasteiger partial charge in [0, 0.05) is 18.8 Å². The fraction of sp³-hybridized carbons (Fsp3) is 0.444. The zero-order valence-electron chi connectivity index (χ0n) is 7.63. The Morgan fingerprint density at radius 1 is 1.46 bits per heavy atom. The van der Waals surface area contributed by atoms with Gasteiger partial charge in [-0.25, -0.2) is 0 Å². The van der Waals surface area contributed by atoms with Crippen molar-refractivity contribution in [2.75, 3.05) is 24.5 Å². The van der Waals surface area contributed by atoms with Crippen LogP contribution < -0.4 is 10.2 Å². The van der Waals surface area contributed by atoms with Crippen molar-refractivity contribution in [3.63, 3.8) is 0 Å². The minimum atomic E-state index is 0.133. The van der Waals surface area contributed by atoms with Crippen LogP contribution in [0.2, 0.25) is 0 Å². The highest BCUT2D eigenvalue weighted by Crippen LogP contribution is 2.13. The van der Waals surface area contributed by atoms with Gasteiger partial charge in [-0.3, -0.25) is 9.69 Å². The molecule has 1 aliphatic rings. The number of carbonyl (C=O) groups excluding carboxylic acids is 1. The van der Waals surface area contributed by atoms with Crippen molar-refractivity contribution in [2.45, 2.75) is 6.92 Å². The van der Waals surface area contributed by atoms with Crippen molar-refractivity contribution in [1.82, 2.24) is 10.3 Å². The molecule has 0 bridgehead atoms. The van der Waals surface area contributed by atoms with E-state index in [1.165, 1.54) is 0 Å². The van der Waals surface area contributed by atoms with E-state index in [0.717, 1.165) is 24.6 Å². The molecule has 4 heteroatoms. The molecule has 1 saturated heterocycles. The molecule has 0 saturated carbocycles. The second-order valence-electron chi connectivity index (χ2n) is 3.25. The van der Waals surface area contributed by atoms with E-state index in [1.54, 1.807) is 4.90 Å². The zero-order chi connectivity index (χ0) is 9.26. The molecule has 1 aromatic heterocycles. The van der Waals surface area contributed by atoms with Crippen molar-refractivity contribution in [3.8, 4) is 0 Å². The van der Waals surface area contributed by atoms with Gasteiger partial charge in [0.1, 0.15) is 5.82 Å². The Hall–Kier alpha value is -1.29. The lowest BCUT2D eigenvalue weighted by molar-refractivity contribution is -0.118. The van der Waals surface area contributed by atoms with Crippen LogP contribution in [0.4, 0.5) is 5.82 Å².